The molecule has 4 amide bonds. The number of anilines is 1. The third-order valence-electron chi connectivity index (χ3n) is 8.08. The molecule has 11 heteroatoms. The summed E-state index contributed by atoms with van der Waals surface area (Å²) in [6.07, 6.45) is 1.57. The number of rotatable bonds is 2. The van der Waals surface area contributed by atoms with Gasteiger partial charge in [-0.1, -0.05) is 23.8 Å². The predicted octanol–water partition coefficient (Wildman–Crippen LogP) is 3.48. The lowest BCUT2D eigenvalue weighted by molar-refractivity contribution is -0.173. The number of hydrogen-bond donors (Lipinski definition) is 2. The number of phenols is 1. The van der Waals surface area contributed by atoms with Crippen LogP contribution in [0.3, 0.4) is 0 Å². The number of imide groups is 2. The van der Waals surface area contributed by atoms with E-state index in [-0.39, 0.29) is 29.3 Å². The number of carbonyl (C=O) groups excluding carboxylic acids is 4. The van der Waals surface area contributed by atoms with E-state index in [1.54, 1.807) is 18.2 Å². The largest absolute Gasteiger partial charge is 0.508 e. The highest BCUT2D eigenvalue weighted by atomic mass is 35.5. The van der Waals surface area contributed by atoms with Crippen LogP contribution >= 0.6 is 23.2 Å². The molecule has 0 aromatic heterocycles. The maximum Gasteiger partial charge on any atom is 0.258 e. The van der Waals surface area contributed by atoms with Crippen molar-refractivity contribution >= 4 is 52.5 Å². The third kappa shape index (κ3) is 2.99. The van der Waals surface area contributed by atoms with Crippen LogP contribution in [0.2, 0.25) is 0 Å². The van der Waals surface area contributed by atoms with Gasteiger partial charge in [0.25, 0.3) is 23.6 Å². The zero-order chi connectivity index (χ0) is 26.4. The summed E-state index contributed by atoms with van der Waals surface area (Å²) in [4.78, 5) is 50.1. The molecule has 2 saturated heterocycles. The second-order valence-corrected chi connectivity index (χ2v) is 11.1. The monoisotopic (exact) mass is 544 g/mol. The van der Waals surface area contributed by atoms with Crippen molar-refractivity contribution in [2.75, 3.05) is 4.90 Å². The summed E-state index contributed by atoms with van der Waals surface area (Å²) < 4.78 is 13.6. The Labute approximate surface area is 219 Å². The molecule has 8 nitrogen and oxygen atoms in total. The van der Waals surface area contributed by atoms with Gasteiger partial charge in [0.15, 0.2) is 9.75 Å². The molecule has 2 aromatic carbocycles. The Morgan fingerprint density at radius 1 is 0.946 bits per heavy atom. The van der Waals surface area contributed by atoms with Crippen molar-refractivity contribution in [1.82, 2.24) is 5.06 Å². The lowest BCUT2D eigenvalue weighted by atomic mass is 9.56. The molecule has 2 aliphatic carbocycles. The second-order valence-electron chi connectivity index (χ2n) is 9.83. The number of hydrogen-bond acceptors (Lipinski definition) is 6. The van der Waals surface area contributed by atoms with Crippen LogP contribution in [0, 0.1) is 23.6 Å². The van der Waals surface area contributed by atoms with E-state index in [0.717, 1.165) is 17.0 Å². The zero-order valence-corrected chi connectivity index (χ0v) is 20.5. The average Bonchev–Trinajstić information content (AvgIpc) is 3.18. The number of allylic oxidation sites excluding steroid dienone is 2. The maximum atomic E-state index is 14.0. The van der Waals surface area contributed by atoms with E-state index < -0.39 is 62.9 Å². The van der Waals surface area contributed by atoms with Gasteiger partial charge in [0.2, 0.25) is 0 Å². The number of alkyl halides is 2. The van der Waals surface area contributed by atoms with Gasteiger partial charge in [-0.25, -0.2) is 9.29 Å². The summed E-state index contributed by atoms with van der Waals surface area (Å²) in [7, 11) is 0. The van der Waals surface area contributed by atoms with E-state index in [1.165, 1.54) is 24.3 Å². The Bertz CT molecular complexity index is 1430. The molecular weight excluding hydrogens is 526 g/mol. The molecule has 4 aliphatic rings. The fourth-order valence-electron chi connectivity index (χ4n) is 6.46. The number of amides is 4. The number of halogens is 3. The van der Waals surface area contributed by atoms with Crippen LogP contribution in [0.15, 0.2) is 60.2 Å². The van der Waals surface area contributed by atoms with Gasteiger partial charge in [0.05, 0.1) is 17.5 Å². The van der Waals surface area contributed by atoms with Crippen molar-refractivity contribution in [3.8, 4) is 5.75 Å². The first-order valence-corrected chi connectivity index (χ1v) is 12.3. The van der Waals surface area contributed by atoms with E-state index in [2.05, 4.69) is 0 Å². The molecular formula is C26H19Cl2FN2O6. The summed E-state index contributed by atoms with van der Waals surface area (Å²) in [5.41, 5.74) is 0.981. The zero-order valence-electron chi connectivity index (χ0n) is 19.0. The molecule has 2 aromatic rings. The lowest BCUT2D eigenvalue weighted by Crippen LogP contribution is -2.60. The van der Waals surface area contributed by atoms with E-state index in [9.17, 15) is 33.9 Å². The number of aromatic hydroxyl groups is 1. The highest BCUT2D eigenvalue weighted by molar-refractivity contribution is 6.58. The Kier molecular flexibility index (Phi) is 5.12. The van der Waals surface area contributed by atoms with Crippen molar-refractivity contribution in [3.63, 3.8) is 0 Å². The van der Waals surface area contributed by atoms with Crippen molar-refractivity contribution in [3.05, 3.63) is 71.6 Å². The van der Waals surface area contributed by atoms with Crippen LogP contribution in [0.25, 0.3) is 0 Å². The quantitative estimate of drug-likeness (QED) is 0.259. The molecule has 1 saturated carbocycles. The Morgan fingerprint density at radius 3 is 2.32 bits per heavy atom. The normalized spacial score (nSPS) is 34.9. The molecule has 2 aliphatic heterocycles. The van der Waals surface area contributed by atoms with Gasteiger partial charge >= 0.3 is 0 Å². The van der Waals surface area contributed by atoms with Crippen molar-refractivity contribution in [2.45, 2.75) is 28.5 Å². The average molecular weight is 545 g/mol. The van der Waals surface area contributed by atoms with Gasteiger partial charge in [0.1, 0.15) is 11.6 Å². The topological polar surface area (TPSA) is 115 Å². The molecule has 190 valence electrons. The van der Waals surface area contributed by atoms with Crippen LogP contribution in [0.4, 0.5) is 10.1 Å². The molecule has 0 bridgehead atoms. The van der Waals surface area contributed by atoms with Gasteiger partial charge < -0.3 is 5.11 Å². The Morgan fingerprint density at radius 2 is 1.65 bits per heavy atom. The lowest BCUT2D eigenvalue weighted by Gasteiger charge is -2.50. The highest BCUT2D eigenvalue weighted by Gasteiger charge is 2.76. The van der Waals surface area contributed by atoms with Crippen LogP contribution in [0.1, 0.15) is 24.3 Å². The van der Waals surface area contributed by atoms with Crippen molar-refractivity contribution in [2.24, 2.45) is 17.8 Å². The van der Waals surface area contributed by atoms with E-state index in [1.807, 2.05) is 0 Å². The summed E-state index contributed by atoms with van der Waals surface area (Å²) >= 11 is 14.3. The summed E-state index contributed by atoms with van der Waals surface area (Å²) in [5, 5.41) is 20.4. The molecule has 6 atom stereocenters. The highest BCUT2D eigenvalue weighted by Crippen LogP contribution is 2.65. The molecule has 2 N–H and O–H groups in total. The van der Waals surface area contributed by atoms with Gasteiger partial charge in [-0.15, -0.1) is 23.2 Å². The van der Waals surface area contributed by atoms with E-state index in [0.29, 0.717) is 11.1 Å². The third-order valence-corrected chi connectivity index (χ3v) is 9.49. The molecule has 37 heavy (non-hydrogen) atoms. The second kappa shape index (κ2) is 7.86. The van der Waals surface area contributed by atoms with Crippen LogP contribution in [-0.4, -0.2) is 48.8 Å². The summed E-state index contributed by atoms with van der Waals surface area (Å²) in [5.74, 6) is -7.61. The maximum absolute atomic E-state index is 14.0. The van der Waals surface area contributed by atoms with E-state index in [4.69, 9.17) is 23.2 Å². The molecule has 6 unspecified atom stereocenters. The first kappa shape index (κ1) is 24.1. The van der Waals surface area contributed by atoms with Gasteiger partial charge in [0, 0.05) is 5.92 Å². The van der Waals surface area contributed by atoms with Gasteiger partial charge in [-0.05, 0) is 60.7 Å². The number of phenolic OH excluding ortho intramolecular Hbond substituents is 1. The summed E-state index contributed by atoms with van der Waals surface area (Å²) in [6, 6.07) is 10.7. The number of fused-ring (bicyclic) bond motifs is 4. The molecule has 2 heterocycles. The smallest absolute Gasteiger partial charge is 0.258 e. The minimum atomic E-state index is -2.08. The molecule has 0 radical (unpaired) electrons. The number of carbonyl (C=O) groups is 4. The van der Waals surface area contributed by atoms with Crippen LogP contribution < -0.4 is 4.90 Å². The van der Waals surface area contributed by atoms with E-state index >= 15 is 0 Å². The SMILES string of the molecule is O=C1C2CC=C3C(CC4(Cl)C(=O)N(c5ccc(F)cc5)C(=O)C4(Cl)C3c3cccc(O)c3)C2C(=O)N1O. The minimum Gasteiger partial charge on any atom is -0.508 e. The number of hydroxylamine groups is 2. The fraction of sp³-hybridized carbons (Fsp3) is 0.308. The molecule has 0 spiro atoms. The van der Waals surface area contributed by atoms with Crippen LogP contribution in [-0.2, 0) is 19.2 Å². The number of benzene rings is 2. The first-order valence-electron chi connectivity index (χ1n) is 11.6. The van der Waals surface area contributed by atoms with Crippen molar-refractivity contribution < 1.29 is 33.9 Å². The van der Waals surface area contributed by atoms with Gasteiger partial charge in [-0.2, -0.15) is 5.06 Å². The minimum absolute atomic E-state index is 0.0731. The van der Waals surface area contributed by atoms with Crippen molar-refractivity contribution in [1.29, 1.82) is 0 Å². The fourth-order valence-corrected chi connectivity index (χ4v) is 7.40. The first-order chi connectivity index (χ1) is 17.5. The van der Waals surface area contributed by atoms with Gasteiger partial charge in [-0.3, -0.25) is 24.4 Å². The Hall–Kier alpha value is -3.27. The predicted molar refractivity (Wildman–Crippen MR) is 128 cm³/mol. The summed E-state index contributed by atoms with van der Waals surface area (Å²) in [6.45, 7) is 0. The number of nitrogens with zero attached hydrogens (tertiary/aromatic N) is 2. The molecule has 3 fully saturated rings. The van der Waals surface area contributed by atoms with Crippen LogP contribution in [0.5, 0.6) is 5.75 Å². The molecule has 6 rings (SSSR count). The standard InChI is InChI=1S/C26H19Cl2FN2O6/c27-25-11-18-16(8-9-17-19(18)22(34)31(37)21(17)33)20(12-2-1-3-15(32)10-12)26(25,28)24(36)30(23(25)35)14-6-4-13(29)5-7-14/h1-8,10,17-20,32,37H,9,11H2. The Balaban J connectivity index is 1.57.